The van der Waals surface area contributed by atoms with Crippen molar-refractivity contribution in [3.05, 3.63) is 33.3 Å². The van der Waals surface area contributed by atoms with Gasteiger partial charge >= 0.3 is 0 Å². The van der Waals surface area contributed by atoms with Crippen molar-refractivity contribution in [2.45, 2.75) is 44.4 Å². The highest BCUT2D eigenvalue weighted by atomic mass is 35.5. The SMILES string of the molecule is CC1c2cc(Cl)cc(Cl)c2CCN1C(=O)[C@@H]1CC[C@H](CN)O1. The largest absolute Gasteiger partial charge is 0.364 e. The van der Waals surface area contributed by atoms with E-state index < -0.39 is 0 Å². The van der Waals surface area contributed by atoms with Crippen LogP contribution in [0.4, 0.5) is 0 Å². The Kier molecular flexibility index (Phi) is 4.64. The monoisotopic (exact) mass is 342 g/mol. The summed E-state index contributed by atoms with van der Waals surface area (Å²) in [5.74, 6) is 0.0465. The predicted octanol–water partition coefficient (Wildman–Crippen LogP) is 2.95. The molecule has 0 saturated carbocycles. The number of amides is 1. The van der Waals surface area contributed by atoms with Crippen LogP contribution in [0.2, 0.25) is 10.0 Å². The molecule has 2 aliphatic heterocycles. The number of carbonyl (C=O) groups excluding carboxylic acids is 1. The Balaban J connectivity index is 1.81. The minimum atomic E-state index is -0.368. The maximum atomic E-state index is 12.7. The van der Waals surface area contributed by atoms with Crippen LogP contribution in [0.3, 0.4) is 0 Å². The number of hydrogen-bond donors (Lipinski definition) is 1. The highest BCUT2D eigenvalue weighted by Crippen LogP contribution is 2.37. The minimum Gasteiger partial charge on any atom is -0.364 e. The summed E-state index contributed by atoms with van der Waals surface area (Å²) in [6.07, 6.45) is 1.97. The van der Waals surface area contributed by atoms with E-state index in [0.717, 1.165) is 30.4 Å². The molecule has 1 aromatic carbocycles. The van der Waals surface area contributed by atoms with E-state index in [2.05, 4.69) is 0 Å². The summed E-state index contributed by atoms with van der Waals surface area (Å²) in [5, 5.41) is 1.28. The van der Waals surface area contributed by atoms with Gasteiger partial charge in [0.2, 0.25) is 0 Å². The third kappa shape index (κ3) is 2.85. The summed E-state index contributed by atoms with van der Waals surface area (Å²) in [6.45, 7) is 3.13. The highest BCUT2D eigenvalue weighted by molar-refractivity contribution is 6.35. The standard InChI is InChI=1S/C16H20Cl2N2O2/c1-9-13-6-10(17)7-14(18)12(13)4-5-20(9)16(21)15-3-2-11(8-19)22-15/h6-7,9,11,15H,2-5,8,19H2,1H3/t9?,11-,15+/m1/s1. The second-order valence-electron chi connectivity index (χ2n) is 5.97. The second kappa shape index (κ2) is 6.36. The van der Waals surface area contributed by atoms with Gasteiger partial charge in [-0.3, -0.25) is 4.79 Å². The first kappa shape index (κ1) is 16.1. The van der Waals surface area contributed by atoms with Gasteiger partial charge in [-0.2, -0.15) is 0 Å². The number of halogens is 2. The van der Waals surface area contributed by atoms with Gasteiger partial charge in [0.15, 0.2) is 0 Å². The molecule has 1 aromatic rings. The van der Waals surface area contributed by atoms with Crippen LogP contribution < -0.4 is 5.73 Å². The molecular formula is C16H20Cl2N2O2. The van der Waals surface area contributed by atoms with Crippen molar-refractivity contribution in [1.82, 2.24) is 4.90 Å². The predicted molar refractivity (Wildman–Crippen MR) is 87.2 cm³/mol. The molecule has 3 rings (SSSR count). The van der Waals surface area contributed by atoms with Crippen LogP contribution in [-0.2, 0) is 16.0 Å². The first-order chi connectivity index (χ1) is 10.5. The molecule has 2 aliphatic rings. The first-order valence-electron chi connectivity index (χ1n) is 7.65. The van der Waals surface area contributed by atoms with Crippen molar-refractivity contribution in [1.29, 1.82) is 0 Å². The van der Waals surface area contributed by atoms with Crippen molar-refractivity contribution in [3.63, 3.8) is 0 Å². The molecule has 0 bridgehead atoms. The van der Waals surface area contributed by atoms with Crippen LogP contribution in [0.25, 0.3) is 0 Å². The fourth-order valence-corrected chi connectivity index (χ4v) is 4.00. The summed E-state index contributed by atoms with van der Waals surface area (Å²) in [5.41, 5.74) is 7.74. The van der Waals surface area contributed by atoms with Crippen LogP contribution in [0.1, 0.15) is 36.9 Å². The van der Waals surface area contributed by atoms with Gasteiger partial charge in [-0.05, 0) is 49.4 Å². The van der Waals surface area contributed by atoms with E-state index in [1.54, 1.807) is 6.07 Å². The van der Waals surface area contributed by atoms with Crippen molar-refractivity contribution in [3.8, 4) is 0 Å². The molecule has 0 aliphatic carbocycles. The van der Waals surface area contributed by atoms with Crippen molar-refractivity contribution < 1.29 is 9.53 Å². The normalized spacial score (nSPS) is 27.8. The number of carbonyl (C=O) groups is 1. The summed E-state index contributed by atoms with van der Waals surface area (Å²) >= 11 is 12.4. The molecule has 1 unspecified atom stereocenters. The summed E-state index contributed by atoms with van der Waals surface area (Å²) in [4.78, 5) is 14.6. The maximum absolute atomic E-state index is 12.7. The van der Waals surface area contributed by atoms with Crippen LogP contribution in [-0.4, -0.2) is 36.1 Å². The Hall–Kier alpha value is -0.810. The van der Waals surface area contributed by atoms with E-state index in [1.165, 1.54) is 0 Å². The van der Waals surface area contributed by atoms with E-state index in [0.29, 0.717) is 23.1 Å². The van der Waals surface area contributed by atoms with Crippen LogP contribution >= 0.6 is 23.2 Å². The van der Waals surface area contributed by atoms with Gasteiger partial charge in [-0.15, -0.1) is 0 Å². The molecule has 1 amide bonds. The highest BCUT2D eigenvalue weighted by Gasteiger charge is 2.37. The zero-order chi connectivity index (χ0) is 15.9. The van der Waals surface area contributed by atoms with Gasteiger partial charge in [-0.1, -0.05) is 23.2 Å². The summed E-state index contributed by atoms with van der Waals surface area (Å²) < 4.78 is 5.74. The minimum absolute atomic E-state index is 0.00484. The van der Waals surface area contributed by atoms with Gasteiger partial charge in [0.25, 0.3) is 5.91 Å². The Morgan fingerprint density at radius 2 is 2.18 bits per heavy atom. The van der Waals surface area contributed by atoms with Crippen molar-refractivity contribution in [2.24, 2.45) is 5.73 Å². The summed E-state index contributed by atoms with van der Waals surface area (Å²) in [6, 6.07) is 3.62. The number of rotatable bonds is 2. The molecule has 4 nitrogen and oxygen atoms in total. The number of benzene rings is 1. The van der Waals surface area contributed by atoms with E-state index in [-0.39, 0.29) is 24.2 Å². The quantitative estimate of drug-likeness (QED) is 0.898. The van der Waals surface area contributed by atoms with Crippen LogP contribution in [0, 0.1) is 0 Å². The lowest BCUT2D eigenvalue weighted by molar-refractivity contribution is -0.145. The van der Waals surface area contributed by atoms with Gasteiger partial charge in [0.05, 0.1) is 12.1 Å². The molecule has 0 spiro atoms. The van der Waals surface area contributed by atoms with Gasteiger partial charge < -0.3 is 15.4 Å². The molecule has 22 heavy (non-hydrogen) atoms. The zero-order valence-electron chi connectivity index (χ0n) is 12.5. The van der Waals surface area contributed by atoms with E-state index in [1.807, 2.05) is 17.9 Å². The zero-order valence-corrected chi connectivity index (χ0v) is 14.0. The Bertz CT molecular complexity index is 594. The van der Waals surface area contributed by atoms with Crippen molar-refractivity contribution in [2.75, 3.05) is 13.1 Å². The average molecular weight is 343 g/mol. The number of hydrogen-bond acceptors (Lipinski definition) is 3. The molecule has 120 valence electrons. The lowest BCUT2D eigenvalue weighted by Gasteiger charge is -2.37. The van der Waals surface area contributed by atoms with Crippen molar-refractivity contribution >= 4 is 29.1 Å². The molecule has 2 heterocycles. The molecule has 3 atom stereocenters. The fourth-order valence-electron chi connectivity index (χ4n) is 3.40. The van der Waals surface area contributed by atoms with Gasteiger partial charge in [0.1, 0.15) is 6.10 Å². The lowest BCUT2D eigenvalue weighted by atomic mass is 9.93. The average Bonchev–Trinajstić information content (AvgIpc) is 2.96. The van der Waals surface area contributed by atoms with E-state index >= 15 is 0 Å². The molecule has 1 fully saturated rings. The van der Waals surface area contributed by atoms with Crippen LogP contribution in [0.15, 0.2) is 12.1 Å². The number of nitrogens with zero attached hydrogens (tertiary/aromatic N) is 1. The number of fused-ring (bicyclic) bond motifs is 1. The molecular weight excluding hydrogens is 323 g/mol. The summed E-state index contributed by atoms with van der Waals surface area (Å²) in [7, 11) is 0. The second-order valence-corrected chi connectivity index (χ2v) is 6.82. The first-order valence-corrected chi connectivity index (χ1v) is 8.40. The Labute approximate surface area is 140 Å². The van der Waals surface area contributed by atoms with Crippen LogP contribution in [0.5, 0.6) is 0 Å². The molecule has 2 N–H and O–H groups in total. The van der Waals surface area contributed by atoms with Gasteiger partial charge in [-0.25, -0.2) is 0 Å². The lowest BCUT2D eigenvalue weighted by Crippen LogP contribution is -2.44. The Morgan fingerprint density at radius 3 is 2.86 bits per heavy atom. The third-order valence-corrected chi connectivity index (χ3v) is 5.20. The van der Waals surface area contributed by atoms with E-state index in [4.69, 9.17) is 33.7 Å². The van der Waals surface area contributed by atoms with E-state index in [9.17, 15) is 4.79 Å². The third-order valence-electron chi connectivity index (χ3n) is 4.64. The topological polar surface area (TPSA) is 55.6 Å². The maximum Gasteiger partial charge on any atom is 0.252 e. The molecule has 0 radical (unpaired) electrons. The Morgan fingerprint density at radius 1 is 1.41 bits per heavy atom. The number of ether oxygens (including phenoxy) is 1. The van der Waals surface area contributed by atoms with Gasteiger partial charge in [0, 0.05) is 23.1 Å². The number of nitrogens with two attached hydrogens (primary N) is 1. The molecule has 6 heteroatoms. The molecule has 0 aromatic heterocycles. The smallest absolute Gasteiger partial charge is 0.252 e. The molecule has 1 saturated heterocycles. The fraction of sp³-hybridized carbons (Fsp3) is 0.562.